The molecule has 0 radical (unpaired) electrons. The molecule has 0 aliphatic rings. The molecular formula is C13H19N3O2S. The van der Waals surface area contributed by atoms with E-state index in [9.17, 15) is 4.79 Å². The molecule has 6 heteroatoms. The van der Waals surface area contributed by atoms with Crippen molar-refractivity contribution in [2.75, 3.05) is 6.54 Å². The van der Waals surface area contributed by atoms with Crippen molar-refractivity contribution in [3.05, 3.63) is 32.8 Å². The van der Waals surface area contributed by atoms with Crippen molar-refractivity contribution in [3.63, 3.8) is 0 Å². The molecule has 0 N–H and O–H groups in total. The Morgan fingerprint density at radius 1 is 1.58 bits per heavy atom. The standard InChI is InChI=1S/C13H19N3O2S/c1-13(2,3)18-12(17)8-10(9-15-16-14)7-11-5-4-6-19-11/h4-6,10H,7-9H2,1-3H3. The normalized spacial score (nSPS) is 12.6. The Balaban J connectivity index is 2.58. The van der Waals surface area contributed by atoms with Crippen molar-refractivity contribution in [1.82, 2.24) is 0 Å². The first kappa shape index (κ1) is 15.5. The minimum Gasteiger partial charge on any atom is -0.460 e. The van der Waals surface area contributed by atoms with Gasteiger partial charge in [-0.3, -0.25) is 4.79 Å². The van der Waals surface area contributed by atoms with Crippen LogP contribution in [0, 0.1) is 5.92 Å². The average molecular weight is 281 g/mol. The lowest BCUT2D eigenvalue weighted by Gasteiger charge is -2.21. The van der Waals surface area contributed by atoms with E-state index in [1.165, 1.54) is 4.88 Å². The number of hydrogen-bond donors (Lipinski definition) is 0. The Hall–Kier alpha value is -1.52. The van der Waals surface area contributed by atoms with Crippen LogP contribution in [0.2, 0.25) is 0 Å². The fourth-order valence-corrected chi connectivity index (χ4v) is 2.51. The SMILES string of the molecule is CC(C)(C)OC(=O)CC(CN=[N+]=[N-])Cc1cccs1. The van der Waals surface area contributed by atoms with Crippen molar-refractivity contribution in [1.29, 1.82) is 0 Å². The van der Waals surface area contributed by atoms with E-state index < -0.39 is 5.60 Å². The Morgan fingerprint density at radius 2 is 2.32 bits per heavy atom. The summed E-state index contributed by atoms with van der Waals surface area (Å²) in [5.74, 6) is -0.258. The molecule has 19 heavy (non-hydrogen) atoms. The summed E-state index contributed by atoms with van der Waals surface area (Å²) >= 11 is 1.64. The van der Waals surface area contributed by atoms with Crippen LogP contribution in [-0.4, -0.2) is 18.1 Å². The lowest BCUT2D eigenvalue weighted by Crippen LogP contribution is -2.26. The molecule has 0 fully saturated rings. The Kier molecular flexibility index (Phi) is 5.86. The maximum absolute atomic E-state index is 11.8. The van der Waals surface area contributed by atoms with Gasteiger partial charge in [-0.2, -0.15) is 0 Å². The molecular weight excluding hydrogens is 262 g/mol. The predicted octanol–water partition coefficient (Wildman–Crippen LogP) is 3.95. The molecule has 0 aliphatic carbocycles. The molecule has 1 aromatic heterocycles. The molecule has 0 aliphatic heterocycles. The fourth-order valence-electron chi connectivity index (χ4n) is 1.69. The Morgan fingerprint density at radius 3 is 2.84 bits per heavy atom. The topological polar surface area (TPSA) is 75.1 Å². The quantitative estimate of drug-likeness (QED) is 0.342. The smallest absolute Gasteiger partial charge is 0.306 e. The monoisotopic (exact) mass is 281 g/mol. The largest absolute Gasteiger partial charge is 0.460 e. The second-order valence-corrected chi connectivity index (χ2v) is 6.39. The second-order valence-electron chi connectivity index (χ2n) is 5.35. The number of hydrogen-bond acceptors (Lipinski definition) is 4. The number of esters is 1. The van der Waals surface area contributed by atoms with E-state index in [-0.39, 0.29) is 18.3 Å². The minimum absolute atomic E-state index is 0.00981. The third kappa shape index (κ3) is 6.84. The lowest BCUT2D eigenvalue weighted by atomic mass is 10.0. The number of nitrogens with zero attached hydrogens (tertiary/aromatic N) is 3. The number of ether oxygens (including phenoxy) is 1. The van der Waals surface area contributed by atoms with Gasteiger partial charge < -0.3 is 4.74 Å². The molecule has 1 unspecified atom stereocenters. The van der Waals surface area contributed by atoms with Gasteiger partial charge in [0.1, 0.15) is 5.60 Å². The van der Waals surface area contributed by atoms with Gasteiger partial charge in [0.15, 0.2) is 0 Å². The summed E-state index contributed by atoms with van der Waals surface area (Å²) in [4.78, 5) is 15.8. The third-order valence-corrected chi connectivity index (χ3v) is 3.25. The molecule has 104 valence electrons. The highest BCUT2D eigenvalue weighted by Crippen LogP contribution is 2.19. The van der Waals surface area contributed by atoms with Crippen molar-refractivity contribution in [3.8, 4) is 0 Å². The van der Waals surface area contributed by atoms with Gasteiger partial charge in [-0.25, -0.2) is 0 Å². The summed E-state index contributed by atoms with van der Waals surface area (Å²) in [6, 6.07) is 3.99. The van der Waals surface area contributed by atoms with Crippen LogP contribution in [0.15, 0.2) is 22.6 Å². The highest BCUT2D eigenvalue weighted by molar-refractivity contribution is 7.09. The molecule has 0 saturated heterocycles. The van der Waals surface area contributed by atoms with Crippen molar-refractivity contribution in [2.24, 2.45) is 11.0 Å². The first-order valence-electron chi connectivity index (χ1n) is 6.16. The van der Waals surface area contributed by atoms with Crippen LogP contribution in [0.5, 0.6) is 0 Å². The maximum atomic E-state index is 11.8. The molecule has 1 atom stereocenters. The van der Waals surface area contributed by atoms with E-state index in [1.54, 1.807) is 11.3 Å². The van der Waals surface area contributed by atoms with E-state index in [1.807, 2.05) is 38.3 Å². The first-order valence-corrected chi connectivity index (χ1v) is 7.04. The van der Waals surface area contributed by atoms with Crippen LogP contribution in [0.4, 0.5) is 0 Å². The first-order chi connectivity index (χ1) is 8.90. The van der Waals surface area contributed by atoms with E-state index >= 15 is 0 Å². The molecule has 0 aromatic carbocycles. The Bertz CT molecular complexity index is 445. The fraction of sp³-hybridized carbons (Fsp3) is 0.615. The minimum atomic E-state index is -0.483. The Labute approximate surface area is 117 Å². The van der Waals surface area contributed by atoms with Crippen molar-refractivity contribution >= 4 is 17.3 Å². The van der Waals surface area contributed by atoms with Crippen LogP contribution in [0.25, 0.3) is 10.4 Å². The highest BCUT2D eigenvalue weighted by atomic mass is 32.1. The number of carbonyl (C=O) groups is 1. The van der Waals surface area contributed by atoms with Gasteiger partial charge in [0.05, 0.1) is 0 Å². The van der Waals surface area contributed by atoms with Crippen LogP contribution in [0.3, 0.4) is 0 Å². The molecule has 1 rings (SSSR count). The zero-order chi connectivity index (χ0) is 14.3. The molecule has 5 nitrogen and oxygen atoms in total. The second kappa shape index (κ2) is 7.16. The lowest BCUT2D eigenvalue weighted by molar-refractivity contribution is -0.155. The van der Waals surface area contributed by atoms with Gasteiger partial charge in [-0.1, -0.05) is 11.2 Å². The summed E-state index contributed by atoms with van der Waals surface area (Å²) in [6.45, 7) is 5.83. The van der Waals surface area contributed by atoms with Crippen molar-refractivity contribution in [2.45, 2.75) is 39.2 Å². The zero-order valence-corrected chi connectivity index (χ0v) is 12.3. The molecule has 0 saturated carbocycles. The summed E-state index contributed by atoms with van der Waals surface area (Å²) in [5.41, 5.74) is 7.92. The van der Waals surface area contributed by atoms with Crippen LogP contribution in [0.1, 0.15) is 32.1 Å². The number of azide groups is 1. The van der Waals surface area contributed by atoms with Gasteiger partial charge >= 0.3 is 5.97 Å². The summed E-state index contributed by atoms with van der Waals surface area (Å²) in [7, 11) is 0. The van der Waals surface area contributed by atoms with E-state index in [2.05, 4.69) is 10.0 Å². The summed E-state index contributed by atoms with van der Waals surface area (Å²) in [5, 5.41) is 5.57. The molecule has 1 aromatic rings. The highest BCUT2D eigenvalue weighted by Gasteiger charge is 2.20. The van der Waals surface area contributed by atoms with Crippen molar-refractivity contribution < 1.29 is 9.53 Å². The van der Waals surface area contributed by atoms with Gasteiger partial charge in [-0.15, -0.1) is 11.3 Å². The van der Waals surface area contributed by atoms with E-state index in [0.29, 0.717) is 6.54 Å². The van der Waals surface area contributed by atoms with Gasteiger partial charge in [0.25, 0.3) is 0 Å². The van der Waals surface area contributed by atoms with Gasteiger partial charge in [-0.05, 0) is 50.1 Å². The van der Waals surface area contributed by atoms with Gasteiger partial charge in [0, 0.05) is 22.8 Å². The number of thiophene rings is 1. The molecule has 1 heterocycles. The zero-order valence-electron chi connectivity index (χ0n) is 11.5. The third-order valence-electron chi connectivity index (χ3n) is 2.35. The van der Waals surface area contributed by atoms with E-state index in [4.69, 9.17) is 10.3 Å². The number of carbonyl (C=O) groups excluding carboxylic acids is 1. The average Bonchev–Trinajstić information content (AvgIpc) is 2.75. The van der Waals surface area contributed by atoms with Gasteiger partial charge in [0.2, 0.25) is 0 Å². The predicted molar refractivity (Wildman–Crippen MR) is 76.0 cm³/mol. The van der Waals surface area contributed by atoms with Crippen LogP contribution in [-0.2, 0) is 16.0 Å². The molecule has 0 bridgehead atoms. The molecule has 0 amide bonds. The molecule has 0 spiro atoms. The van der Waals surface area contributed by atoms with E-state index in [0.717, 1.165) is 6.42 Å². The number of rotatable bonds is 6. The summed E-state index contributed by atoms with van der Waals surface area (Å²) < 4.78 is 5.30. The van der Waals surface area contributed by atoms with Crippen LogP contribution < -0.4 is 0 Å². The maximum Gasteiger partial charge on any atom is 0.306 e. The van der Waals surface area contributed by atoms with Crippen LogP contribution >= 0.6 is 11.3 Å². The summed E-state index contributed by atoms with van der Waals surface area (Å²) in [6.07, 6.45) is 1.00.